The molecule has 0 spiro atoms. The molecule has 0 aliphatic rings. The lowest BCUT2D eigenvalue weighted by molar-refractivity contribution is -0.150. The highest BCUT2D eigenvalue weighted by molar-refractivity contribution is 8.76. The minimum Gasteiger partial charge on any atom is -0.462 e. The van der Waals surface area contributed by atoms with Crippen LogP contribution in [0.2, 0.25) is 0 Å². The van der Waals surface area contributed by atoms with Gasteiger partial charge in [-0.15, -0.1) is 0 Å². The first-order valence-electron chi connectivity index (χ1n) is 43.6. The molecule has 99 heavy (non-hydrogen) atoms. The van der Waals surface area contributed by atoms with Gasteiger partial charge in [0.15, 0.2) is 0 Å². The molecule has 13 heteroatoms. The van der Waals surface area contributed by atoms with Gasteiger partial charge < -0.3 is 35.0 Å². The van der Waals surface area contributed by atoms with Crippen LogP contribution >= 0.6 is 21.6 Å². The van der Waals surface area contributed by atoms with Crippen molar-refractivity contribution < 1.29 is 29.3 Å². The van der Waals surface area contributed by atoms with Crippen molar-refractivity contribution >= 4 is 39.4 Å². The van der Waals surface area contributed by atoms with E-state index in [1.807, 2.05) is 33.5 Å². The second-order valence-corrected chi connectivity index (χ2v) is 33.0. The van der Waals surface area contributed by atoms with Gasteiger partial charge in [-0.1, -0.05) is 326 Å². The van der Waals surface area contributed by atoms with Gasteiger partial charge in [-0.2, -0.15) is 0 Å². The molecule has 0 aromatic carbocycles. The molecule has 0 aromatic heterocycles. The van der Waals surface area contributed by atoms with Gasteiger partial charge in [-0.25, -0.2) is 0 Å². The molecule has 0 heterocycles. The van der Waals surface area contributed by atoms with E-state index in [1.54, 1.807) is 0 Å². The van der Waals surface area contributed by atoms with Crippen LogP contribution in [0.25, 0.3) is 0 Å². The molecule has 2 amide bonds. The number of aliphatic hydroxyl groups excluding tert-OH is 2. The van der Waals surface area contributed by atoms with Gasteiger partial charge in [0.2, 0.25) is 11.8 Å². The molecule has 0 saturated carbocycles. The molecule has 0 aliphatic carbocycles. The average molecular weight is 1440 g/mol. The highest BCUT2D eigenvalue weighted by atomic mass is 33.1. The Balaban J connectivity index is 5.53. The summed E-state index contributed by atoms with van der Waals surface area (Å²) >= 11 is 0. The number of amides is 2. The summed E-state index contributed by atoms with van der Waals surface area (Å²) in [5.41, 5.74) is 0. The second-order valence-electron chi connectivity index (χ2n) is 30.3. The number of esters is 1. The van der Waals surface area contributed by atoms with E-state index in [-0.39, 0.29) is 23.9 Å². The summed E-state index contributed by atoms with van der Waals surface area (Å²) in [6.45, 7) is 24.1. The van der Waals surface area contributed by atoms with Crippen LogP contribution in [0.5, 0.6) is 0 Å². The molecule has 0 bridgehead atoms. The van der Waals surface area contributed by atoms with Gasteiger partial charge in [0.1, 0.15) is 12.1 Å². The summed E-state index contributed by atoms with van der Waals surface area (Å²) in [5, 5.41) is 25.7. The highest BCUT2D eigenvalue weighted by Crippen LogP contribution is 2.25. The Morgan fingerprint density at radius 3 is 1.16 bits per heavy atom. The lowest BCUT2D eigenvalue weighted by Gasteiger charge is -2.28. The molecule has 0 aliphatic heterocycles. The van der Waals surface area contributed by atoms with Crippen molar-refractivity contribution in [1.82, 2.24) is 24.9 Å². The summed E-state index contributed by atoms with van der Waals surface area (Å²) < 4.78 is 6.18. The molecule has 3 unspecified atom stereocenters. The highest BCUT2D eigenvalue weighted by Gasteiger charge is 2.25. The van der Waals surface area contributed by atoms with Gasteiger partial charge in [-0.05, 0) is 148 Å². The monoisotopic (exact) mass is 1430 g/mol. The second kappa shape index (κ2) is 77.7. The third kappa shape index (κ3) is 68.2. The smallest absolute Gasteiger partial charge is 0.306 e. The van der Waals surface area contributed by atoms with Crippen LogP contribution in [-0.4, -0.2) is 156 Å². The normalized spacial score (nSPS) is 12.9. The predicted octanol–water partition coefficient (Wildman–Crippen LogP) is 23.8. The van der Waals surface area contributed by atoms with E-state index < -0.39 is 18.2 Å². The third-order valence-electron chi connectivity index (χ3n) is 20.7. The van der Waals surface area contributed by atoms with E-state index >= 15 is 0 Å². The molecular formula is C86H171N5O6S2. The summed E-state index contributed by atoms with van der Waals surface area (Å²) in [4.78, 5) is 50.2. The van der Waals surface area contributed by atoms with Crippen LogP contribution in [-0.2, 0) is 19.1 Å². The Bertz CT molecular complexity index is 1670. The number of rotatable bonds is 81. The van der Waals surface area contributed by atoms with E-state index in [9.17, 15) is 24.6 Å². The first-order valence-corrected chi connectivity index (χ1v) is 46.1. The molecule has 3 N–H and O–H groups in total. The van der Waals surface area contributed by atoms with Crippen LogP contribution < -0.4 is 5.32 Å². The number of nitrogens with zero attached hydrogens (tertiary/aromatic N) is 4. The van der Waals surface area contributed by atoms with E-state index in [4.69, 9.17) is 4.74 Å². The van der Waals surface area contributed by atoms with Crippen LogP contribution in [0.1, 0.15) is 414 Å². The minimum absolute atomic E-state index is 0.0150. The maximum absolute atomic E-state index is 14.2. The Morgan fingerprint density at radius 2 is 0.727 bits per heavy atom. The topological polar surface area (TPSA) is 126 Å². The Morgan fingerprint density at radius 1 is 0.364 bits per heavy atom. The molecule has 0 fully saturated rings. The van der Waals surface area contributed by atoms with Crippen LogP contribution in [0.4, 0.5) is 0 Å². The van der Waals surface area contributed by atoms with Gasteiger partial charge in [0.05, 0.1) is 12.2 Å². The zero-order chi connectivity index (χ0) is 72.4. The lowest BCUT2D eigenvalue weighted by atomic mass is 10.0. The van der Waals surface area contributed by atoms with Crippen LogP contribution in [0.15, 0.2) is 12.2 Å². The van der Waals surface area contributed by atoms with E-state index in [0.717, 1.165) is 115 Å². The van der Waals surface area contributed by atoms with Gasteiger partial charge in [0, 0.05) is 57.6 Å². The number of hydrogen-bond acceptors (Lipinski definition) is 11. The number of likely N-dealkylation sites (N-methyl/N-ethyl adjacent to an activating group) is 2. The first-order chi connectivity index (χ1) is 48.5. The van der Waals surface area contributed by atoms with E-state index in [2.05, 4.69) is 80.6 Å². The van der Waals surface area contributed by atoms with Crippen molar-refractivity contribution in [3.05, 3.63) is 12.2 Å². The molecule has 0 radical (unpaired) electrons. The number of hydrogen-bond donors (Lipinski definition) is 3. The predicted molar refractivity (Wildman–Crippen MR) is 438 cm³/mol. The zero-order valence-electron chi connectivity index (χ0n) is 67.4. The standard InChI is InChI=1S/C86H171N5O6S2/c1-9-16-21-26-31-34-35-36-37-38-39-40-41-44-51-58-70-90(71-59-52-45-50-57-68-85(95)97-82(65-55-48-29-24-19-12-4)66-56-49-30-25-20-13-5)72-60-61-76-98-99-77-69-83(86(96)88(8)74-75-89(14-6)15-7)87-84(94)67-62-73-91(78-80(92)63-53-46-42-32-27-22-17-10-2)79-81(93)64-54-47-43-33-28-23-18-11-3/h36-37,80-83,92-93H,9-35,38-79H2,1-8H3,(H,87,94)/b37-36-. The first kappa shape index (κ1) is 97.7. The third-order valence-corrected chi connectivity index (χ3v) is 23.2. The molecule has 588 valence electrons. The average Bonchev–Trinajstić information content (AvgIpc) is 1.19. The van der Waals surface area contributed by atoms with E-state index in [1.165, 1.54) is 276 Å². The molecule has 0 aromatic rings. The number of carbonyl (C=O) groups excluding carboxylic acids is 3. The van der Waals surface area contributed by atoms with Crippen molar-refractivity contribution in [3.63, 3.8) is 0 Å². The number of allylic oxidation sites excluding steroid dienone is 2. The van der Waals surface area contributed by atoms with Crippen molar-refractivity contribution in [3.8, 4) is 0 Å². The molecular weight excluding hydrogens is 1260 g/mol. The van der Waals surface area contributed by atoms with Crippen molar-refractivity contribution in [2.45, 2.75) is 439 Å². The van der Waals surface area contributed by atoms with Crippen molar-refractivity contribution in [2.75, 3.05) is 84.0 Å². The van der Waals surface area contributed by atoms with Crippen molar-refractivity contribution in [2.24, 2.45) is 0 Å². The fourth-order valence-electron chi connectivity index (χ4n) is 13.9. The fourth-order valence-corrected chi connectivity index (χ4v) is 16.1. The molecule has 3 atom stereocenters. The number of nitrogens with one attached hydrogen (secondary N) is 1. The summed E-state index contributed by atoms with van der Waals surface area (Å²) in [7, 11) is 5.63. The number of carbonyl (C=O) groups is 3. The maximum atomic E-state index is 14.2. The number of aliphatic hydroxyl groups is 2. The zero-order valence-corrected chi connectivity index (χ0v) is 69.0. The molecule has 11 nitrogen and oxygen atoms in total. The Hall–Kier alpha value is -1.35. The minimum atomic E-state index is -0.575. The van der Waals surface area contributed by atoms with Gasteiger partial charge in [0.25, 0.3) is 0 Å². The van der Waals surface area contributed by atoms with Gasteiger partial charge in [-0.3, -0.25) is 19.3 Å². The van der Waals surface area contributed by atoms with Crippen LogP contribution in [0.3, 0.4) is 0 Å². The summed E-state index contributed by atoms with van der Waals surface area (Å²) in [6, 6.07) is -0.575. The maximum Gasteiger partial charge on any atom is 0.306 e. The number of ether oxygens (including phenoxy) is 1. The quantitative estimate of drug-likeness (QED) is 0.0233. The summed E-state index contributed by atoms with van der Waals surface area (Å²) in [6.07, 6.45) is 71.4. The SMILES string of the molecule is CCCCCCCC/C=C\CCCCCCCCN(CCCCCCCC(=O)OC(CCCCCCCC)CCCCCCCC)CCCCSSCCC(NC(=O)CCCN(CC(O)CCCCCCCCCC)CC(O)CCCCCCCCCC)C(=O)N(C)CCN(CC)CC. The molecule has 0 rings (SSSR count). The molecule has 0 saturated heterocycles. The van der Waals surface area contributed by atoms with Crippen LogP contribution in [0, 0.1) is 0 Å². The Labute approximate surface area is 624 Å². The van der Waals surface area contributed by atoms with Gasteiger partial charge >= 0.3 is 5.97 Å². The Kier molecular flexibility index (Phi) is 76.7. The lowest BCUT2D eigenvalue weighted by Crippen LogP contribution is -2.49. The fraction of sp³-hybridized carbons (Fsp3) is 0.942. The summed E-state index contributed by atoms with van der Waals surface area (Å²) in [5.74, 6) is 1.78. The van der Waals surface area contributed by atoms with E-state index in [0.29, 0.717) is 51.9 Å². The number of unbranched alkanes of at least 4 members (excludes halogenated alkanes) is 41. The van der Waals surface area contributed by atoms with Crippen molar-refractivity contribution in [1.29, 1.82) is 0 Å². The largest absolute Gasteiger partial charge is 0.462 e.